The van der Waals surface area contributed by atoms with E-state index in [2.05, 4.69) is 15.6 Å². The summed E-state index contributed by atoms with van der Waals surface area (Å²) in [7, 11) is 3.56. The predicted octanol–water partition coefficient (Wildman–Crippen LogP) is 4.48. The van der Waals surface area contributed by atoms with Crippen molar-refractivity contribution in [1.29, 1.82) is 0 Å². The van der Waals surface area contributed by atoms with Crippen LogP contribution in [0.2, 0.25) is 0 Å². The third-order valence-electron chi connectivity index (χ3n) is 9.52. The van der Waals surface area contributed by atoms with Crippen LogP contribution in [-0.2, 0) is 13.6 Å². The van der Waals surface area contributed by atoms with Crippen LogP contribution in [0.5, 0.6) is 11.5 Å². The van der Waals surface area contributed by atoms with E-state index >= 15 is 0 Å². The molecule has 3 atom stereocenters. The van der Waals surface area contributed by atoms with Crippen LogP contribution in [0.3, 0.4) is 0 Å². The first kappa shape index (κ1) is 26.1. The summed E-state index contributed by atoms with van der Waals surface area (Å²) in [5.74, 6) is 0.763. The molecule has 4 aromatic heterocycles. The van der Waals surface area contributed by atoms with Gasteiger partial charge in [0.05, 0.1) is 29.7 Å². The van der Waals surface area contributed by atoms with Gasteiger partial charge in [0.25, 0.3) is 11.9 Å². The molecule has 5 aromatic rings. The van der Waals surface area contributed by atoms with Crippen molar-refractivity contribution < 1.29 is 19.0 Å². The van der Waals surface area contributed by atoms with E-state index in [4.69, 9.17) is 20.4 Å². The lowest BCUT2D eigenvalue weighted by Crippen LogP contribution is -2.41. The molecule has 3 unspecified atom stereocenters. The van der Waals surface area contributed by atoms with E-state index in [1.165, 1.54) is 6.07 Å². The summed E-state index contributed by atoms with van der Waals surface area (Å²) in [5.41, 5.74) is 10.9. The smallest absolute Gasteiger partial charge is 0.255 e. The van der Waals surface area contributed by atoms with Crippen LogP contribution >= 0.6 is 0 Å². The van der Waals surface area contributed by atoms with Crippen molar-refractivity contribution >= 4 is 28.0 Å². The van der Waals surface area contributed by atoms with Gasteiger partial charge in [0, 0.05) is 43.2 Å². The van der Waals surface area contributed by atoms with Crippen LogP contribution in [0.15, 0.2) is 42.5 Å². The highest BCUT2D eigenvalue weighted by Crippen LogP contribution is 2.40. The number of piperidine rings is 1. The maximum absolute atomic E-state index is 14.0. The Bertz CT molecular complexity index is 1940. The van der Waals surface area contributed by atoms with Gasteiger partial charge in [-0.1, -0.05) is 0 Å². The second-order valence-corrected chi connectivity index (χ2v) is 12.2. The first-order chi connectivity index (χ1) is 20.8. The number of carbonyl (C=O) groups excluding carboxylic acids is 1. The summed E-state index contributed by atoms with van der Waals surface area (Å²) in [6, 6.07) is 12.5. The molecule has 3 fully saturated rings. The minimum absolute atomic E-state index is 0.0334. The molecule has 3 N–H and O–H groups in total. The minimum atomic E-state index is -0.931. The van der Waals surface area contributed by atoms with E-state index < -0.39 is 11.7 Å². The Kier molecular flexibility index (Phi) is 5.78. The summed E-state index contributed by atoms with van der Waals surface area (Å²) in [6.45, 7) is 1.47. The fraction of sp³-hybridized carbons (Fsp3) is 0.375. The SMILES string of the molecule is COc1cc(C(=O)N2CC3CCC2C3N)cc2nc(-c3cc4ccc(-c5ccc(O)c(F)n5)nc4n3CC3CC3)n(C)c12. The number of benzene rings is 1. The van der Waals surface area contributed by atoms with Crippen LogP contribution in [-0.4, -0.2) is 65.7 Å². The number of methoxy groups -OCH3 is 1. The summed E-state index contributed by atoms with van der Waals surface area (Å²) >= 11 is 0. The monoisotopic (exact) mass is 581 g/mol. The maximum atomic E-state index is 14.0. The van der Waals surface area contributed by atoms with Gasteiger partial charge in [0.2, 0.25) is 0 Å². The molecule has 2 bridgehead atoms. The number of hydrogen-bond donors (Lipinski definition) is 2. The van der Waals surface area contributed by atoms with E-state index in [0.717, 1.165) is 60.3 Å². The number of likely N-dealkylation sites (tertiary alicyclic amines) is 1. The third-order valence-corrected chi connectivity index (χ3v) is 9.52. The molecule has 2 saturated carbocycles. The Morgan fingerprint density at radius 1 is 1.07 bits per heavy atom. The number of aromatic hydroxyl groups is 1. The molecule has 1 amide bonds. The predicted molar refractivity (Wildman–Crippen MR) is 159 cm³/mol. The van der Waals surface area contributed by atoms with Crippen LogP contribution in [0, 0.1) is 17.8 Å². The molecule has 0 spiro atoms. The van der Waals surface area contributed by atoms with Crippen molar-refractivity contribution in [3.8, 4) is 34.4 Å². The third kappa shape index (κ3) is 4.09. The van der Waals surface area contributed by atoms with Crippen LogP contribution in [0.4, 0.5) is 4.39 Å². The summed E-state index contributed by atoms with van der Waals surface area (Å²) in [6.07, 6.45) is 4.32. The molecule has 2 aliphatic carbocycles. The van der Waals surface area contributed by atoms with Gasteiger partial charge in [-0.25, -0.2) is 15.0 Å². The maximum Gasteiger partial charge on any atom is 0.255 e. The number of ether oxygens (including phenoxy) is 1. The molecule has 1 aromatic carbocycles. The lowest BCUT2D eigenvalue weighted by Gasteiger charge is -2.27. The average molecular weight is 582 g/mol. The average Bonchev–Trinajstić information content (AvgIpc) is 3.42. The zero-order chi connectivity index (χ0) is 29.6. The summed E-state index contributed by atoms with van der Waals surface area (Å²) in [5, 5.41) is 10.5. The fourth-order valence-electron chi connectivity index (χ4n) is 7.03. The largest absolute Gasteiger partial charge is 0.504 e. The van der Waals surface area contributed by atoms with Gasteiger partial charge in [0.1, 0.15) is 16.9 Å². The number of aromatic nitrogens is 5. The van der Waals surface area contributed by atoms with Crippen molar-refractivity contribution in [2.45, 2.75) is 44.3 Å². The van der Waals surface area contributed by atoms with E-state index in [9.17, 15) is 14.3 Å². The number of pyridine rings is 2. The van der Waals surface area contributed by atoms with E-state index in [1.54, 1.807) is 19.2 Å². The standard InChI is InChI=1S/C32H32FN7O3/c1-38-28-22(11-19(13-26(28)43-2)32(42)40-15-18-6-9-23(40)27(18)34)37-31(38)24-12-17-5-7-21(20-8-10-25(41)29(33)35-20)36-30(17)39(24)14-16-3-4-16/h5,7-8,10-13,16,18,23,27,41H,3-4,6,9,14-15,34H2,1-2H3. The highest BCUT2D eigenvalue weighted by molar-refractivity contribution is 6.00. The molecule has 43 heavy (non-hydrogen) atoms. The molecular formula is C32H32FN7O3. The Balaban J connectivity index is 1.24. The van der Waals surface area contributed by atoms with Crippen LogP contribution < -0.4 is 10.5 Å². The highest BCUT2D eigenvalue weighted by atomic mass is 19.1. The fourth-order valence-corrected chi connectivity index (χ4v) is 7.03. The number of amides is 1. The number of nitrogens with two attached hydrogens (primary N) is 1. The first-order valence-corrected chi connectivity index (χ1v) is 14.8. The molecule has 8 rings (SSSR count). The number of carbonyl (C=O) groups is 1. The normalized spacial score (nSPS) is 21.4. The number of aryl methyl sites for hydroxylation is 1. The summed E-state index contributed by atoms with van der Waals surface area (Å²) < 4.78 is 24.0. The van der Waals surface area contributed by atoms with E-state index in [0.29, 0.717) is 46.6 Å². The molecule has 1 saturated heterocycles. The van der Waals surface area contributed by atoms with Gasteiger partial charge in [0.15, 0.2) is 11.6 Å². The van der Waals surface area contributed by atoms with Gasteiger partial charge >= 0.3 is 0 Å². The second-order valence-electron chi connectivity index (χ2n) is 12.2. The Morgan fingerprint density at radius 2 is 1.86 bits per heavy atom. The van der Waals surface area contributed by atoms with Gasteiger partial charge in [-0.2, -0.15) is 4.39 Å². The number of fused-ring (bicyclic) bond motifs is 4. The molecule has 3 aliphatic rings. The van der Waals surface area contributed by atoms with Crippen molar-refractivity contribution in [3.05, 3.63) is 54.0 Å². The number of rotatable bonds is 6. The van der Waals surface area contributed by atoms with Crippen molar-refractivity contribution in [2.75, 3.05) is 13.7 Å². The molecule has 5 heterocycles. The van der Waals surface area contributed by atoms with Crippen LogP contribution in [0.25, 0.3) is 45.0 Å². The zero-order valence-corrected chi connectivity index (χ0v) is 24.0. The molecule has 1 aliphatic heterocycles. The van der Waals surface area contributed by atoms with Gasteiger partial charge in [-0.15, -0.1) is 0 Å². The zero-order valence-electron chi connectivity index (χ0n) is 24.0. The Hall–Kier alpha value is -4.51. The van der Waals surface area contributed by atoms with E-state index in [1.807, 2.05) is 34.7 Å². The Labute approximate surface area is 246 Å². The molecule has 11 heteroatoms. The number of halogens is 1. The van der Waals surface area contributed by atoms with Gasteiger partial charge < -0.3 is 29.6 Å². The number of nitrogens with zero attached hydrogens (tertiary/aromatic N) is 6. The second kappa shape index (κ2) is 9.50. The topological polar surface area (TPSA) is 124 Å². The lowest BCUT2D eigenvalue weighted by molar-refractivity contribution is 0.0700. The lowest BCUT2D eigenvalue weighted by atomic mass is 10.1. The molecule has 220 valence electrons. The van der Waals surface area contributed by atoms with Gasteiger partial charge in [-0.3, -0.25) is 4.79 Å². The molecule has 0 radical (unpaired) electrons. The minimum Gasteiger partial charge on any atom is -0.504 e. The summed E-state index contributed by atoms with van der Waals surface area (Å²) in [4.78, 5) is 29.4. The van der Waals surface area contributed by atoms with Crippen molar-refractivity contribution in [1.82, 2.24) is 29.0 Å². The van der Waals surface area contributed by atoms with Crippen LogP contribution in [0.1, 0.15) is 36.0 Å². The Morgan fingerprint density at radius 3 is 2.56 bits per heavy atom. The highest BCUT2D eigenvalue weighted by Gasteiger charge is 2.47. The van der Waals surface area contributed by atoms with Gasteiger partial charge in [-0.05, 0) is 80.0 Å². The van der Waals surface area contributed by atoms with Crippen molar-refractivity contribution in [3.63, 3.8) is 0 Å². The quantitative estimate of drug-likeness (QED) is 0.284. The molecule has 10 nitrogen and oxygen atoms in total. The first-order valence-electron chi connectivity index (χ1n) is 14.8. The number of imidazole rings is 1. The van der Waals surface area contributed by atoms with E-state index in [-0.39, 0.29) is 18.0 Å². The van der Waals surface area contributed by atoms with Crippen molar-refractivity contribution in [2.24, 2.45) is 24.6 Å². The number of hydrogen-bond acceptors (Lipinski definition) is 7. The molecular weight excluding hydrogens is 549 g/mol.